The lowest BCUT2D eigenvalue weighted by Gasteiger charge is -2.10. The predicted molar refractivity (Wildman–Crippen MR) is 72.3 cm³/mol. The topological polar surface area (TPSA) is 106 Å². The molecule has 0 radical (unpaired) electrons. The average Bonchev–Trinajstić information content (AvgIpc) is 3.09. The van der Waals surface area contributed by atoms with Crippen LogP contribution in [0.4, 0.5) is 5.69 Å². The number of hydrogen-bond acceptors (Lipinski definition) is 7. The summed E-state index contributed by atoms with van der Waals surface area (Å²) < 4.78 is 5.55. The van der Waals surface area contributed by atoms with Crippen molar-refractivity contribution in [2.75, 3.05) is 13.1 Å². The highest BCUT2D eigenvalue weighted by atomic mass is 16.6. The van der Waals surface area contributed by atoms with Crippen molar-refractivity contribution in [1.82, 2.24) is 15.1 Å². The molecule has 0 bridgehead atoms. The zero-order valence-corrected chi connectivity index (χ0v) is 11.2. The maximum Gasteiger partial charge on any atom is 0.269 e. The first-order chi connectivity index (χ1) is 10.1. The lowest BCUT2D eigenvalue weighted by Crippen LogP contribution is -2.21. The average molecular weight is 290 g/mol. The van der Waals surface area contributed by atoms with Gasteiger partial charge in [-0.15, -0.1) is 10.2 Å². The molecule has 1 saturated heterocycles. The molecule has 0 amide bonds. The molecule has 1 aliphatic heterocycles. The fourth-order valence-electron chi connectivity index (χ4n) is 2.31. The van der Waals surface area contributed by atoms with Gasteiger partial charge >= 0.3 is 0 Å². The summed E-state index contributed by atoms with van der Waals surface area (Å²) in [7, 11) is 0. The standard InChI is InChI=1S/C13H14N4O4/c18-11-5-6-16(7-11)8-12-14-15-13(21-12)9-1-3-10(4-2-9)17(19)20/h1-4,11,18H,5-8H2/t11-/m1/s1. The molecule has 1 aliphatic rings. The van der Waals surface area contributed by atoms with Crippen molar-refractivity contribution in [3.63, 3.8) is 0 Å². The minimum absolute atomic E-state index is 0.0181. The number of likely N-dealkylation sites (tertiary alicyclic amines) is 1. The number of nitro groups is 1. The van der Waals surface area contributed by atoms with Crippen LogP contribution in [0.25, 0.3) is 11.5 Å². The molecule has 110 valence electrons. The number of aromatic nitrogens is 2. The van der Waals surface area contributed by atoms with Gasteiger partial charge in [-0.25, -0.2) is 0 Å². The van der Waals surface area contributed by atoms with E-state index in [1.807, 2.05) is 4.90 Å². The SMILES string of the molecule is O=[N+]([O-])c1ccc(-c2nnc(CN3CC[C@@H](O)C3)o2)cc1. The van der Waals surface area contributed by atoms with Crippen LogP contribution >= 0.6 is 0 Å². The van der Waals surface area contributed by atoms with Crippen LogP contribution in [0.5, 0.6) is 0 Å². The second-order valence-corrected chi connectivity index (χ2v) is 4.98. The first-order valence-electron chi connectivity index (χ1n) is 6.59. The molecule has 21 heavy (non-hydrogen) atoms. The van der Waals surface area contributed by atoms with Crippen LogP contribution in [0, 0.1) is 10.1 Å². The molecule has 0 spiro atoms. The van der Waals surface area contributed by atoms with Crippen molar-refractivity contribution in [1.29, 1.82) is 0 Å². The van der Waals surface area contributed by atoms with Gasteiger partial charge in [0, 0.05) is 30.8 Å². The van der Waals surface area contributed by atoms with E-state index in [2.05, 4.69) is 10.2 Å². The van der Waals surface area contributed by atoms with Crippen molar-refractivity contribution in [2.24, 2.45) is 0 Å². The largest absolute Gasteiger partial charge is 0.419 e. The summed E-state index contributed by atoms with van der Waals surface area (Å²) in [6.07, 6.45) is 0.464. The number of hydrogen-bond donors (Lipinski definition) is 1. The number of aliphatic hydroxyl groups excluding tert-OH is 1. The van der Waals surface area contributed by atoms with E-state index in [0.29, 0.717) is 30.4 Å². The van der Waals surface area contributed by atoms with E-state index in [1.54, 1.807) is 12.1 Å². The lowest BCUT2D eigenvalue weighted by atomic mass is 10.2. The van der Waals surface area contributed by atoms with Gasteiger partial charge in [0.25, 0.3) is 5.69 Å². The van der Waals surface area contributed by atoms with Crippen molar-refractivity contribution in [3.05, 3.63) is 40.3 Å². The fraction of sp³-hybridized carbons (Fsp3) is 0.385. The van der Waals surface area contributed by atoms with Gasteiger partial charge in [-0.05, 0) is 18.6 Å². The first kappa shape index (κ1) is 13.7. The molecule has 3 rings (SSSR count). The molecule has 0 saturated carbocycles. The number of non-ortho nitro benzene ring substituents is 1. The third-order valence-corrected chi connectivity index (χ3v) is 3.40. The van der Waals surface area contributed by atoms with Crippen LogP contribution in [0.3, 0.4) is 0 Å². The number of nitrogens with zero attached hydrogens (tertiary/aromatic N) is 4. The summed E-state index contributed by atoms with van der Waals surface area (Å²) in [5, 5.41) is 28.0. The van der Waals surface area contributed by atoms with Gasteiger partial charge < -0.3 is 9.52 Å². The first-order valence-corrected chi connectivity index (χ1v) is 6.59. The smallest absolute Gasteiger partial charge is 0.269 e. The van der Waals surface area contributed by atoms with Crippen molar-refractivity contribution >= 4 is 5.69 Å². The molecule has 1 N–H and O–H groups in total. The van der Waals surface area contributed by atoms with Gasteiger partial charge in [-0.2, -0.15) is 0 Å². The van der Waals surface area contributed by atoms with Crippen molar-refractivity contribution < 1.29 is 14.4 Å². The van der Waals surface area contributed by atoms with E-state index >= 15 is 0 Å². The van der Waals surface area contributed by atoms with Gasteiger partial charge in [0.05, 0.1) is 17.6 Å². The van der Waals surface area contributed by atoms with Crippen LogP contribution in [0.2, 0.25) is 0 Å². The van der Waals surface area contributed by atoms with E-state index in [4.69, 9.17) is 4.42 Å². The van der Waals surface area contributed by atoms with Crippen LogP contribution in [-0.4, -0.2) is 44.3 Å². The monoisotopic (exact) mass is 290 g/mol. The van der Waals surface area contributed by atoms with Gasteiger partial charge in [-0.3, -0.25) is 15.0 Å². The minimum atomic E-state index is -0.457. The number of nitro benzene ring substituents is 1. The Morgan fingerprint density at radius 3 is 2.76 bits per heavy atom. The molecule has 1 atom stereocenters. The summed E-state index contributed by atoms with van der Waals surface area (Å²) in [5.74, 6) is 0.803. The molecule has 2 aromatic rings. The van der Waals surface area contributed by atoms with E-state index in [1.165, 1.54) is 12.1 Å². The summed E-state index contributed by atoms with van der Waals surface area (Å²) in [6, 6.07) is 5.95. The summed E-state index contributed by atoms with van der Waals surface area (Å²) in [5.41, 5.74) is 0.658. The maximum atomic E-state index is 10.6. The van der Waals surface area contributed by atoms with Crippen molar-refractivity contribution in [2.45, 2.75) is 19.1 Å². The van der Waals surface area contributed by atoms with Gasteiger partial charge in [0.2, 0.25) is 11.8 Å². The van der Waals surface area contributed by atoms with Crippen LogP contribution in [0.1, 0.15) is 12.3 Å². The lowest BCUT2D eigenvalue weighted by molar-refractivity contribution is -0.384. The number of aliphatic hydroxyl groups is 1. The quantitative estimate of drug-likeness (QED) is 0.666. The normalized spacial score (nSPS) is 19.0. The van der Waals surface area contributed by atoms with Crippen LogP contribution < -0.4 is 0 Å². The van der Waals surface area contributed by atoms with Crippen LogP contribution in [-0.2, 0) is 6.54 Å². The van der Waals surface area contributed by atoms with Crippen molar-refractivity contribution in [3.8, 4) is 11.5 Å². The third kappa shape index (κ3) is 3.06. The molecule has 8 nitrogen and oxygen atoms in total. The molecular weight excluding hydrogens is 276 g/mol. The number of β-amino-alcohol motifs (C(OH)–C–C–N with tert-alkyl or cyclic N) is 1. The molecule has 2 heterocycles. The van der Waals surface area contributed by atoms with E-state index < -0.39 is 4.92 Å². The summed E-state index contributed by atoms with van der Waals surface area (Å²) in [6.45, 7) is 1.91. The zero-order chi connectivity index (χ0) is 14.8. The third-order valence-electron chi connectivity index (χ3n) is 3.40. The zero-order valence-electron chi connectivity index (χ0n) is 11.2. The van der Waals surface area contributed by atoms with Crippen LogP contribution in [0.15, 0.2) is 28.7 Å². The highest BCUT2D eigenvalue weighted by Gasteiger charge is 2.22. The maximum absolute atomic E-state index is 10.6. The van der Waals surface area contributed by atoms with Gasteiger partial charge in [0.1, 0.15) is 0 Å². The molecular formula is C13H14N4O4. The minimum Gasteiger partial charge on any atom is -0.419 e. The Balaban J connectivity index is 1.70. The molecule has 1 aromatic heterocycles. The molecule has 0 unspecified atom stereocenters. The predicted octanol–water partition coefficient (Wildman–Crippen LogP) is 1.21. The fourth-order valence-corrected chi connectivity index (χ4v) is 2.31. The second-order valence-electron chi connectivity index (χ2n) is 4.98. The Morgan fingerprint density at radius 1 is 1.38 bits per heavy atom. The summed E-state index contributed by atoms with van der Waals surface area (Å²) >= 11 is 0. The van der Waals surface area contributed by atoms with Gasteiger partial charge in [-0.1, -0.05) is 0 Å². The second kappa shape index (κ2) is 5.58. The Kier molecular flexibility index (Phi) is 3.63. The summed E-state index contributed by atoms with van der Waals surface area (Å²) in [4.78, 5) is 12.2. The van der Waals surface area contributed by atoms with Gasteiger partial charge in [0.15, 0.2) is 0 Å². The highest BCUT2D eigenvalue weighted by molar-refractivity contribution is 5.55. The molecule has 1 fully saturated rings. The Bertz CT molecular complexity index is 640. The molecule has 1 aromatic carbocycles. The molecule has 8 heteroatoms. The number of benzene rings is 1. The Morgan fingerprint density at radius 2 is 2.14 bits per heavy atom. The van der Waals surface area contributed by atoms with E-state index in [9.17, 15) is 15.2 Å². The number of rotatable bonds is 4. The van der Waals surface area contributed by atoms with E-state index in [-0.39, 0.29) is 11.8 Å². The van der Waals surface area contributed by atoms with E-state index in [0.717, 1.165) is 13.0 Å². The highest BCUT2D eigenvalue weighted by Crippen LogP contribution is 2.22. The Hall–Kier alpha value is -2.32. The molecule has 0 aliphatic carbocycles. The Labute approximate surface area is 120 Å².